The van der Waals surface area contributed by atoms with Crippen LogP contribution in [0.3, 0.4) is 0 Å². The maximum absolute atomic E-state index is 12.1. The van der Waals surface area contributed by atoms with Crippen LogP contribution in [0.1, 0.15) is 11.1 Å². The second-order valence-electron chi connectivity index (χ2n) is 5.05. The average molecular weight is 310 g/mol. The summed E-state index contributed by atoms with van der Waals surface area (Å²) in [6.07, 6.45) is 0. The molecular weight excluding hydrogens is 284 g/mol. The van der Waals surface area contributed by atoms with Gasteiger partial charge in [-0.25, -0.2) is 0 Å². The molecule has 0 aromatic heterocycles. The van der Waals surface area contributed by atoms with Crippen LogP contribution in [0, 0.1) is 6.92 Å². The fraction of sp³-hybridized carbons (Fsp3) is 0.562. The van der Waals surface area contributed by atoms with Gasteiger partial charge in [-0.15, -0.1) is 0 Å². The zero-order chi connectivity index (χ0) is 16.5. The van der Waals surface area contributed by atoms with E-state index >= 15 is 0 Å². The van der Waals surface area contributed by atoms with Gasteiger partial charge in [0.25, 0.3) is 0 Å². The summed E-state index contributed by atoms with van der Waals surface area (Å²) in [5.41, 5.74) is 2.09. The minimum Gasteiger partial charge on any atom is -0.493 e. The molecule has 0 saturated carbocycles. The van der Waals surface area contributed by atoms with Gasteiger partial charge in [0, 0.05) is 27.2 Å². The molecule has 6 heteroatoms. The molecule has 0 atom stereocenters. The number of rotatable bonds is 9. The van der Waals surface area contributed by atoms with Crippen molar-refractivity contribution in [2.75, 3.05) is 48.1 Å². The molecule has 0 aliphatic carbocycles. The molecule has 0 spiro atoms. The molecular formula is C16H26N2O4. The van der Waals surface area contributed by atoms with Crippen molar-refractivity contribution in [2.24, 2.45) is 0 Å². The standard InChI is InChI=1S/C16H26N2O4/c1-12-8-14(21-4)15(22-5)9-13(12)11-18(2)16(19)10-17-6-7-20-3/h8-9,17H,6-7,10-11H2,1-5H3. The second kappa shape index (κ2) is 9.27. The molecule has 1 amide bonds. The Morgan fingerprint density at radius 2 is 1.82 bits per heavy atom. The van der Waals surface area contributed by atoms with E-state index in [4.69, 9.17) is 14.2 Å². The second-order valence-corrected chi connectivity index (χ2v) is 5.05. The smallest absolute Gasteiger partial charge is 0.236 e. The zero-order valence-electron chi connectivity index (χ0n) is 14.1. The number of amides is 1. The van der Waals surface area contributed by atoms with E-state index in [2.05, 4.69) is 5.32 Å². The van der Waals surface area contributed by atoms with Gasteiger partial charge in [0.05, 0.1) is 27.4 Å². The number of benzene rings is 1. The van der Waals surface area contributed by atoms with Crippen molar-refractivity contribution in [1.29, 1.82) is 0 Å². The first-order valence-electron chi connectivity index (χ1n) is 7.18. The number of ether oxygens (including phenoxy) is 3. The Bertz CT molecular complexity index is 491. The van der Waals surface area contributed by atoms with Crippen LogP contribution in [0.4, 0.5) is 0 Å². The Morgan fingerprint density at radius 3 is 2.41 bits per heavy atom. The maximum atomic E-state index is 12.1. The van der Waals surface area contributed by atoms with Gasteiger partial charge in [-0.1, -0.05) is 0 Å². The molecule has 0 aliphatic heterocycles. The number of aryl methyl sites for hydroxylation is 1. The van der Waals surface area contributed by atoms with Crippen LogP contribution in [-0.4, -0.2) is 58.9 Å². The summed E-state index contributed by atoms with van der Waals surface area (Å²) in [6, 6.07) is 3.83. The lowest BCUT2D eigenvalue weighted by molar-refractivity contribution is -0.129. The van der Waals surface area contributed by atoms with Crippen molar-refractivity contribution in [1.82, 2.24) is 10.2 Å². The minimum absolute atomic E-state index is 0.0327. The Hall–Kier alpha value is -1.79. The van der Waals surface area contributed by atoms with Crippen LogP contribution in [0.15, 0.2) is 12.1 Å². The molecule has 0 saturated heterocycles. The van der Waals surface area contributed by atoms with Crippen LogP contribution >= 0.6 is 0 Å². The van der Waals surface area contributed by atoms with Gasteiger partial charge >= 0.3 is 0 Å². The van der Waals surface area contributed by atoms with Gasteiger partial charge in [-0.05, 0) is 30.2 Å². The van der Waals surface area contributed by atoms with E-state index in [1.165, 1.54) is 0 Å². The lowest BCUT2D eigenvalue weighted by Crippen LogP contribution is -2.36. The van der Waals surface area contributed by atoms with Crippen molar-refractivity contribution in [3.8, 4) is 11.5 Å². The summed E-state index contributed by atoms with van der Waals surface area (Å²) in [4.78, 5) is 13.8. The minimum atomic E-state index is 0.0327. The highest BCUT2D eigenvalue weighted by atomic mass is 16.5. The van der Waals surface area contributed by atoms with Crippen LogP contribution in [0.25, 0.3) is 0 Å². The van der Waals surface area contributed by atoms with Crippen LogP contribution in [0.2, 0.25) is 0 Å². The molecule has 0 unspecified atom stereocenters. The Kier molecular flexibility index (Phi) is 7.70. The highest BCUT2D eigenvalue weighted by molar-refractivity contribution is 5.78. The topological polar surface area (TPSA) is 60.0 Å². The van der Waals surface area contributed by atoms with Crippen molar-refractivity contribution in [3.63, 3.8) is 0 Å². The Labute approximate surface area is 132 Å². The number of carbonyl (C=O) groups excluding carboxylic acids is 1. The van der Waals surface area contributed by atoms with E-state index < -0.39 is 0 Å². The van der Waals surface area contributed by atoms with Gasteiger partial charge in [0.15, 0.2) is 11.5 Å². The highest BCUT2D eigenvalue weighted by Crippen LogP contribution is 2.30. The van der Waals surface area contributed by atoms with Gasteiger partial charge in [-0.3, -0.25) is 4.79 Å². The Morgan fingerprint density at radius 1 is 1.18 bits per heavy atom. The molecule has 1 rings (SSSR count). The third-order valence-electron chi connectivity index (χ3n) is 3.43. The average Bonchev–Trinajstić information content (AvgIpc) is 2.52. The normalized spacial score (nSPS) is 10.4. The molecule has 0 aliphatic rings. The molecule has 0 fully saturated rings. The largest absolute Gasteiger partial charge is 0.493 e. The third-order valence-corrected chi connectivity index (χ3v) is 3.43. The van der Waals surface area contributed by atoms with Crippen LogP contribution in [0.5, 0.6) is 11.5 Å². The number of hydrogen-bond acceptors (Lipinski definition) is 5. The van der Waals surface area contributed by atoms with Gasteiger partial charge in [-0.2, -0.15) is 0 Å². The van der Waals surface area contributed by atoms with Crippen molar-refractivity contribution < 1.29 is 19.0 Å². The number of methoxy groups -OCH3 is 3. The molecule has 0 bridgehead atoms. The van der Waals surface area contributed by atoms with E-state index in [1.54, 1.807) is 33.3 Å². The SMILES string of the molecule is COCCNCC(=O)N(C)Cc1cc(OC)c(OC)cc1C. The summed E-state index contributed by atoms with van der Waals surface area (Å²) in [7, 11) is 6.63. The number of nitrogens with one attached hydrogen (secondary N) is 1. The van der Waals surface area contributed by atoms with Gasteiger partial charge in [0.1, 0.15) is 0 Å². The zero-order valence-corrected chi connectivity index (χ0v) is 14.1. The molecule has 22 heavy (non-hydrogen) atoms. The maximum Gasteiger partial charge on any atom is 0.236 e. The van der Waals surface area contributed by atoms with Crippen molar-refractivity contribution in [3.05, 3.63) is 23.3 Å². The summed E-state index contributed by atoms with van der Waals surface area (Å²) in [5.74, 6) is 1.39. The summed E-state index contributed by atoms with van der Waals surface area (Å²) < 4.78 is 15.5. The molecule has 6 nitrogen and oxygen atoms in total. The lowest BCUT2D eigenvalue weighted by atomic mass is 10.1. The fourth-order valence-electron chi connectivity index (χ4n) is 2.04. The monoisotopic (exact) mass is 310 g/mol. The van der Waals surface area contributed by atoms with Crippen LogP contribution in [-0.2, 0) is 16.1 Å². The summed E-state index contributed by atoms with van der Waals surface area (Å²) in [6.45, 7) is 4.06. The van der Waals surface area contributed by atoms with Gasteiger partial charge in [0.2, 0.25) is 5.91 Å². The van der Waals surface area contributed by atoms with E-state index in [-0.39, 0.29) is 5.91 Å². The van der Waals surface area contributed by atoms with Crippen molar-refractivity contribution >= 4 is 5.91 Å². The molecule has 1 N–H and O–H groups in total. The summed E-state index contributed by atoms with van der Waals surface area (Å²) >= 11 is 0. The summed E-state index contributed by atoms with van der Waals surface area (Å²) in [5, 5.41) is 3.05. The fourth-order valence-corrected chi connectivity index (χ4v) is 2.04. The first-order chi connectivity index (χ1) is 10.5. The molecule has 1 aromatic rings. The first-order valence-corrected chi connectivity index (χ1v) is 7.18. The predicted octanol–water partition coefficient (Wildman–Crippen LogP) is 1.21. The number of nitrogens with zero attached hydrogens (tertiary/aromatic N) is 1. The quantitative estimate of drug-likeness (QED) is 0.695. The number of hydrogen-bond donors (Lipinski definition) is 1. The lowest BCUT2D eigenvalue weighted by Gasteiger charge is -2.20. The van der Waals surface area contributed by atoms with E-state index in [0.29, 0.717) is 37.7 Å². The first kappa shape index (κ1) is 18.3. The highest BCUT2D eigenvalue weighted by Gasteiger charge is 2.13. The predicted molar refractivity (Wildman–Crippen MR) is 85.5 cm³/mol. The van der Waals surface area contributed by atoms with Crippen molar-refractivity contribution in [2.45, 2.75) is 13.5 Å². The molecule has 1 aromatic carbocycles. The van der Waals surface area contributed by atoms with E-state index in [9.17, 15) is 4.79 Å². The number of carbonyl (C=O) groups is 1. The third kappa shape index (κ3) is 5.20. The van der Waals surface area contributed by atoms with Gasteiger partial charge < -0.3 is 24.4 Å². The molecule has 124 valence electrons. The molecule has 0 heterocycles. The van der Waals surface area contributed by atoms with E-state index in [1.807, 2.05) is 19.1 Å². The van der Waals surface area contributed by atoms with E-state index in [0.717, 1.165) is 11.1 Å². The van der Waals surface area contributed by atoms with Crippen LogP contribution < -0.4 is 14.8 Å². The number of likely N-dealkylation sites (N-methyl/N-ethyl adjacent to an activating group) is 1. The Balaban J connectivity index is 2.67. The molecule has 0 radical (unpaired) electrons.